The molecule has 0 bridgehead atoms. The van der Waals surface area contributed by atoms with Gasteiger partial charge in [0.2, 0.25) is 0 Å². The molecule has 7 heteroatoms. The molecular formula is C12H17FN4O2. The summed E-state index contributed by atoms with van der Waals surface area (Å²) in [6.45, 7) is 2.03. The zero-order valence-electron chi connectivity index (χ0n) is 10.8. The highest BCUT2D eigenvalue weighted by Crippen LogP contribution is 2.09. The van der Waals surface area contributed by atoms with E-state index in [-0.39, 0.29) is 23.6 Å². The van der Waals surface area contributed by atoms with E-state index in [0.29, 0.717) is 12.2 Å². The van der Waals surface area contributed by atoms with Crippen molar-refractivity contribution in [3.8, 4) is 0 Å². The fourth-order valence-electron chi connectivity index (χ4n) is 1.44. The first-order valence-corrected chi connectivity index (χ1v) is 5.69. The van der Waals surface area contributed by atoms with E-state index in [1.807, 2.05) is 0 Å². The summed E-state index contributed by atoms with van der Waals surface area (Å²) < 4.78 is 12.7. The summed E-state index contributed by atoms with van der Waals surface area (Å²) >= 11 is 0. The number of nitrogens with one attached hydrogen (secondary N) is 1. The third-order valence-electron chi connectivity index (χ3n) is 2.61. The molecule has 1 aromatic carbocycles. The number of carbonyl (C=O) groups is 1. The molecule has 2 amide bonds. The third-order valence-corrected chi connectivity index (χ3v) is 2.61. The van der Waals surface area contributed by atoms with E-state index in [1.165, 1.54) is 29.2 Å². The lowest BCUT2D eigenvalue weighted by Crippen LogP contribution is -2.38. The predicted molar refractivity (Wildman–Crippen MR) is 70.6 cm³/mol. The van der Waals surface area contributed by atoms with Crippen molar-refractivity contribution < 1.29 is 14.4 Å². The second kappa shape index (κ2) is 6.58. The highest BCUT2D eigenvalue weighted by molar-refractivity contribution is 5.89. The second-order valence-corrected chi connectivity index (χ2v) is 4.24. The number of anilines is 1. The first-order valence-electron chi connectivity index (χ1n) is 5.69. The highest BCUT2D eigenvalue weighted by atomic mass is 19.1. The van der Waals surface area contributed by atoms with Crippen molar-refractivity contribution in [1.29, 1.82) is 0 Å². The van der Waals surface area contributed by atoms with Crippen LogP contribution in [0.3, 0.4) is 0 Å². The number of nitrogens with two attached hydrogens (primary N) is 1. The monoisotopic (exact) mass is 268 g/mol. The van der Waals surface area contributed by atoms with E-state index in [0.717, 1.165) is 0 Å². The Hall–Kier alpha value is -2.31. The lowest BCUT2D eigenvalue weighted by Gasteiger charge is -2.21. The van der Waals surface area contributed by atoms with E-state index >= 15 is 0 Å². The third kappa shape index (κ3) is 4.46. The SMILES string of the molecule is CC(CN(C)C(=O)Nc1ccc(F)cc1)C(N)=NO. The van der Waals surface area contributed by atoms with Gasteiger partial charge in [0, 0.05) is 25.2 Å². The highest BCUT2D eigenvalue weighted by Gasteiger charge is 2.15. The Balaban J connectivity index is 2.55. The zero-order chi connectivity index (χ0) is 14.4. The maximum absolute atomic E-state index is 12.7. The summed E-state index contributed by atoms with van der Waals surface area (Å²) in [4.78, 5) is 13.2. The van der Waals surface area contributed by atoms with Crippen molar-refractivity contribution in [1.82, 2.24) is 4.90 Å². The number of amidine groups is 1. The normalized spacial score (nSPS) is 12.9. The summed E-state index contributed by atoms with van der Waals surface area (Å²) in [5.41, 5.74) is 5.93. The van der Waals surface area contributed by atoms with Crippen molar-refractivity contribution in [2.75, 3.05) is 18.9 Å². The molecule has 19 heavy (non-hydrogen) atoms. The van der Waals surface area contributed by atoms with Crippen LogP contribution < -0.4 is 11.1 Å². The largest absolute Gasteiger partial charge is 0.409 e. The lowest BCUT2D eigenvalue weighted by atomic mass is 10.1. The first kappa shape index (κ1) is 14.7. The maximum Gasteiger partial charge on any atom is 0.321 e. The van der Waals surface area contributed by atoms with Gasteiger partial charge in [-0.05, 0) is 24.3 Å². The summed E-state index contributed by atoms with van der Waals surface area (Å²) in [5.74, 6) is -0.581. The molecule has 0 spiro atoms. The van der Waals surface area contributed by atoms with Crippen LogP contribution in [0, 0.1) is 11.7 Å². The van der Waals surface area contributed by atoms with Gasteiger partial charge in [-0.1, -0.05) is 12.1 Å². The standard InChI is InChI=1S/C12H17FN4O2/c1-8(11(14)16-19)7-17(2)12(18)15-10-5-3-9(13)4-6-10/h3-6,8,19H,7H2,1-2H3,(H2,14,16)(H,15,18). The molecule has 0 saturated heterocycles. The summed E-state index contributed by atoms with van der Waals surface area (Å²) in [7, 11) is 1.58. The molecule has 104 valence electrons. The molecule has 0 aliphatic carbocycles. The van der Waals surface area contributed by atoms with Crippen molar-refractivity contribution in [2.24, 2.45) is 16.8 Å². The summed E-state index contributed by atoms with van der Waals surface area (Å²) in [5, 5.41) is 14.0. The van der Waals surface area contributed by atoms with E-state index in [9.17, 15) is 9.18 Å². The van der Waals surface area contributed by atoms with Crippen molar-refractivity contribution in [3.05, 3.63) is 30.1 Å². The molecular weight excluding hydrogens is 251 g/mol. The van der Waals surface area contributed by atoms with Gasteiger partial charge in [-0.25, -0.2) is 9.18 Å². The Bertz CT molecular complexity index is 461. The number of urea groups is 1. The molecule has 1 unspecified atom stereocenters. The number of amides is 2. The van der Waals surface area contributed by atoms with Gasteiger partial charge in [0.15, 0.2) is 0 Å². The minimum absolute atomic E-state index is 0.0569. The quantitative estimate of drug-likeness (QED) is 0.336. The first-order chi connectivity index (χ1) is 8.93. The average molecular weight is 268 g/mol. The molecule has 0 fully saturated rings. The number of nitrogens with zero attached hydrogens (tertiary/aromatic N) is 2. The van der Waals surface area contributed by atoms with Crippen LogP contribution in [-0.2, 0) is 0 Å². The number of oxime groups is 1. The molecule has 1 aromatic rings. The smallest absolute Gasteiger partial charge is 0.321 e. The molecule has 0 heterocycles. The van der Waals surface area contributed by atoms with Crippen LogP contribution in [-0.4, -0.2) is 35.6 Å². The lowest BCUT2D eigenvalue weighted by molar-refractivity contribution is 0.219. The number of benzene rings is 1. The Morgan fingerprint density at radius 1 is 1.53 bits per heavy atom. The molecule has 0 aromatic heterocycles. The van der Waals surface area contributed by atoms with Crippen LogP contribution in [0.5, 0.6) is 0 Å². The summed E-state index contributed by atoms with van der Waals surface area (Å²) in [6.07, 6.45) is 0. The van der Waals surface area contributed by atoms with E-state index < -0.39 is 0 Å². The van der Waals surface area contributed by atoms with Gasteiger partial charge >= 0.3 is 6.03 Å². The molecule has 6 nitrogen and oxygen atoms in total. The number of rotatable bonds is 4. The molecule has 0 saturated carbocycles. The van der Waals surface area contributed by atoms with Gasteiger partial charge in [-0.2, -0.15) is 0 Å². The van der Waals surface area contributed by atoms with Crippen molar-refractivity contribution >= 4 is 17.6 Å². The Kier molecular flexibility index (Phi) is 5.11. The molecule has 0 radical (unpaired) electrons. The Labute approximate surface area is 110 Å². The zero-order valence-corrected chi connectivity index (χ0v) is 10.8. The second-order valence-electron chi connectivity index (χ2n) is 4.24. The molecule has 1 atom stereocenters. The van der Waals surface area contributed by atoms with Gasteiger partial charge in [0.05, 0.1) is 0 Å². The van der Waals surface area contributed by atoms with Crippen LogP contribution in [0.2, 0.25) is 0 Å². The van der Waals surface area contributed by atoms with Gasteiger partial charge in [0.1, 0.15) is 11.7 Å². The van der Waals surface area contributed by atoms with E-state index in [1.54, 1.807) is 14.0 Å². The van der Waals surface area contributed by atoms with E-state index in [4.69, 9.17) is 10.9 Å². The maximum atomic E-state index is 12.7. The van der Waals surface area contributed by atoms with E-state index in [2.05, 4.69) is 10.5 Å². The van der Waals surface area contributed by atoms with Gasteiger partial charge < -0.3 is 21.2 Å². The van der Waals surface area contributed by atoms with Crippen molar-refractivity contribution in [3.63, 3.8) is 0 Å². The molecule has 0 aliphatic rings. The predicted octanol–water partition coefficient (Wildman–Crippen LogP) is 1.67. The summed E-state index contributed by atoms with van der Waals surface area (Å²) in [6, 6.07) is 5.09. The Morgan fingerprint density at radius 3 is 2.63 bits per heavy atom. The minimum atomic E-state index is -0.369. The topological polar surface area (TPSA) is 91.0 Å². The van der Waals surface area contributed by atoms with Crippen molar-refractivity contribution in [2.45, 2.75) is 6.92 Å². The fourth-order valence-corrected chi connectivity index (χ4v) is 1.44. The van der Waals surface area contributed by atoms with Gasteiger partial charge in [-0.15, -0.1) is 0 Å². The van der Waals surface area contributed by atoms with Crippen LogP contribution >= 0.6 is 0 Å². The molecule has 4 N–H and O–H groups in total. The molecule has 1 rings (SSSR count). The van der Waals surface area contributed by atoms with Crippen LogP contribution in [0.1, 0.15) is 6.92 Å². The van der Waals surface area contributed by atoms with Crippen LogP contribution in [0.4, 0.5) is 14.9 Å². The Morgan fingerprint density at radius 2 is 2.11 bits per heavy atom. The molecule has 0 aliphatic heterocycles. The van der Waals surface area contributed by atoms with Gasteiger partial charge in [-0.3, -0.25) is 0 Å². The van der Waals surface area contributed by atoms with Crippen LogP contribution in [0.15, 0.2) is 29.4 Å². The fraction of sp³-hybridized carbons (Fsp3) is 0.333. The van der Waals surface area contributed by atoms with Gasteiger partial charge in [0.25, 0.3) is 0 Å². The number of halogens is 1. The minimum Gasteiger partial charge on any atom is -0.409 e. The van der Waals surface area contributed by atoms with Crippen LogP contribution in [0.25, 0.3) is 0 Å². The number of hydrogen-bond donors (Lipinski definition) is 3. The number of carbonyl (C=O) groups excluding carboxylic acids is 1. The average Bonchev–Trinajstić information content (AvgIpc) is 2.40. The number of hydrogen-bond acceptors (Lipinski definition) is 3.